The third-order valence-corrected chi connectivity index (χ3v) is 4.93. The van der Waals surface area contributed by atoms with E-state index in [1.54, 1.807) is 10.9 Å². The van der Waals surface area contributed by atoms with Crippen LogP contribution in [0.15, 0.2) is 41.8 Å². The quantitative estimate of drug-likeness (QED) is 0.558. The smallest absolute Gasteiger partial charge is 0.230 e. The average molecular weight is 362 g/mol. The molecule has 8 heteroatoms. The molecule has 24 heavy (non-hydrogen) atoms. The predicted octanol–water partition coefficient (Wildman–Crippen LogP) is 2.99. The van der Waals surface area contributed by atoms with Crippen molar-refractivity contribution in [2.75, 3.05) is 5.75 Å². The third kappa shape index (κ3) is 3.52. The van der Waals surface area contributed by atoms with Crippen molar-refractivity contribution >= 4 is 40.3 Å². The van der Waals surface area contributed by atoms with Crippen molar-refractivity contribution in [1.29, 1.82) is 0 Å². The summed E-state index contributed by atoms with van der Waals surface area (Å²) in [5.41, 5.74) is 1.64. The number of benzene rings is 1. The van der Waals surface area contributed by atoms with Crippen LogP contribution in [-0.2, 0) is 11.8 Å². The molecule has 0 saturated carbocycles. The van der Waals surface area contributed by atoms with Crippen LogP contribution in [-0.4, -0.2) is 31.4 Å². The van der Waals surface area contributed by atoms with E-state index in [0.29, 0.717) is 5.02 Å². The van der Waals surface area contributed by atoms with Crippen LogP contribution >= 0.6 is 23.4 Å². The summed E-state index contributed by atoms with van der Waals surface area (Å²) in [6, 6.07) is 7.33. The monoisotopic (exact) mass is 361 g/mol. The van der Waals surface area contributed by atoms with Gasteiger partial charge >= 0.3 is 0 Å². The van der Waals surface area contributed by atoms with E-state index in [9.17, 15) is 4.79 Å². The zero-order valence-electron chi connectivity index (χ0n) is 13.2. The van der Waals surface area contributed by atoms with Gasteiger partial charge in [0.15, 0.2) is 5.65 Å². The first-order valence-electron chi connectivity index (χ1n) is 7.35. The lowest BCUT2D eigenvalue weighted by atomic mass is 10.1. The van der Waals surface area contributed by atoms with Crippen LogP contribution in [0.1, 0.15) is 18.5 Å². The lowest BCUT2D eigenvalue weighted by molar-refractivity contribution is -0.119. The molecule has 0 saturated heterocycles. The van der Waals surface area contributed by atoms with E-state index in [-0.39, 0.29) is 17.7 Å². The first kappa shape index (κ1) is 16.7. The van der Waals surface area contributed by atoms with Gasteiger partial charge in [0.2, 0.25) is 5.91 Å². The van der Waals surface area contributed by atoms with Gasteiger partial charge in [-0.3, -0.25) is 9.48 Å². The van der Waals surface area contributed by atoms with Crippen molar-refractivity contribution in [1.82, 2.24) is 25.1 Å². The number of amides is 1. The molecule has 1 N–H and O–H groups in total. The number of carbonyl (C=O) groups is 1. The first-order chi connectivity index (χ1) is 11.6. The Kier molecular flexibility index (Phi) is 5.01. The molecule has 2 aromatic heterocycles. The number of nitrogens with one attached hydrogen (secondary N) is 1. The second kappa shape index (κ2) is 7.19. The van der Waals surface area contributed by atoms with Crippen LogP contribution in [0.3, 0.4) is 0 Å². The van der Waals surface area contributed by atoms with Gasteiger partial charge in [0, 0.05) is 12.1 Å². The highest BCUT2D eigenvalue weighted by Gasteiger charge is 2.14. The van der Waals surface area contributed by atoms with Crippen molar-refractivity contribution < 1.29 is 4.79 Å². The standard InChI is InChI=1S/C16H16ClN5OS/c1-10(11-5-3-4-6-13(11)17)21-14(23)8-24-16-12-7-20-22(2)15(12)18-9-19-16/h3-7,9-10H,8H2,1-2H3,(H,21,23). The number of nitrogens with zero attached hydrogens (tertiary/aromatic N) is 4. The van der Waals surface area contributed by atoms with Gasteiger partial charge < -0.3 is 5.32 Å². The van der Waals surface area contributed by atoms with Crippen LogP contribution in [0.25, 0.3) is 11.0 Å². The molecule has 3 aromatic rings. The summed E-state index contributed by atoms with van der Waals surface area (Å²) >= 11 is 7.52. The molecule has 2 heterocycles. The molecule has 1 unspecified atom stereocenters. The topological polar surface area (TPSA) is 72.7 Å². The number of hydrogen-bond donors (Lipinski definition) is 1. The van der Waals surface area contributed by atoms with E-state index in [1.165, 1.54) is 18.1 Å². The number of aryl methyl sites for hydroxylation is 1. The van der Waals surface area contributed by atoms with Crippen molar-refractivity contribution in [3.05, 3.63) is 47.4 Å². The molecule has 0 spiro atoms. The second-order valence-corrected chi connectivity index (χ2v) is 6.65. The van der Waals surface area contributed by atoms with Gasteiger partial charge in [0.05, 0.1) is 23.4 Å². The van der Waals surface area contributed by atoms with Crippen LogP contribution in [0.2, 0.25) is 5.02 Å². The fourth-order valence-electron chi connectivity index (χ4n) is 2.38. The maximum absolute atomic E-state index is 12.2. The Morgan fingerprint density at radius 1 is 1.38 bits per heavy atom. The Morgan fingerprint density at radius 2 is 2.17 bits per heavy atom. The largest absolute Gasteiger partial charge is 0.349 e. The van der Waals surface area contributed by atoms with E-state index in [4.69, 9.17) is 11.6 Å². The molecule has 124 valence electrons. The van der Waals surface area contributed by atoms with Gasteiger partial charge in [-0.2, -0.15) is 5.10 Å². The summed E-state index contributed by atoms with van der Waals surface area (Å²) in [6.45, 7) is 1.91. The lowest BCUT2D eigenvalue weighted by Crippen LogP contribution is -2.28. The maximum atomic E-state index is 12.2. The van der Waals surface area contributed by atoms with E-state index in [1.807, 2.05) is 38.2 Å². The van der Waals surface area contributed by atoms with Crippen LogP contribution in [0.4, 0.5) is 0 Å². The van der Waals surface area contributed by atoms with Crippen molar-refractivity contribution in [2.45, 2.75) is 18.0 Å². The molecule has 0 aliphatic heterocycles. The lowest BCUT2D eigenvalue weighted by Gasteiger charge is -2.15. The maximum Gasteiger partial charge on any atom is 0.230 e. The molecule has 0 aliphatic rings. The molecule has 0 aliphatic carbocycles. The van der Waals surface area contributed by atoms with Crippen molar-refractivity contribution in [3.63, 3.8) is 0 Å². The van der Waals surface area contributed by atoms with E-state index in [2.05, 4.69) is 20.4 Å². The third-order valence-electron chi connectivity index (χ3n) is 3.58. The van der Waals surface area contributed by atoms with Gasteiger partial charge in [-0.05, 0) is 18.6 Å². The normalized spacial score (nSPS) is 12.3. The average Bonchev–Trinajstić information content (AvgIpc) is 2.95. The number of aromatic nitrogens is 4. The number of halogens is 1. The highest BCUT2D eigenvalue weighted by Crippen LogP contribution is 2.25. The van der Waals surface area contributed by atoms with Gasteiger partial charge in [0.1, 0.15) is 11.4 Å². The minimum Gasteiger partial charge on any atom is -0.349 e. The fourth-order valence-corrected chi connectivity index (χ4v) is 3.45. The van der Waals surface area contributed by atoms with Gasteiger partial charge in [0.25, 0.3) is 0 Å². The predicted molar refractivity (Wildman–Crippen MR) is 95.0 cm³/mol. The first-order valence-corrected chi connectivity index (χ1v) is 8.72. The zero-order chi connectivity index (χ0) is 17.1. The molecule has 0 fully saturated rings. The number of thioether (sulfide) groups is 1. The molecule has 0 radical (unpaired) electrons. The number of fused-ring (bicyclic) bond motifs is 1. The van der Waals surface area contributed by atoms with Gasteiger partial charge in [-0.25, -0.2) is 9.97 Å². The summed E-state index contributed by atoms with van der Waals surface area (Å²) in [7, 11) is 1.82. The van der Waals surface area contributed by atoms with Gasteiger partial charge in [-0.1, -0.05) is 41.6 Å². The molecular formula is C16H16ClN5OS. The highest BCUT2D eigenvalue weighted by molar-refractivity contribution is 8.00. The number of rotatable bonds is 5. The molecular weight excluding hydrogens is 346 g/mol. The minimum absolute atomic E-state index is 0.0805. The summed E-state index contributed by atoms with van der Waals surface area (Å²) in [5, 5.41) is 9.35. The van der Waals surface area contributed by atoms with E-state index < -0.39 is 0 Å². The molecule has 1 atom stereocenters. The Labute approximate surface area is 148 Å². The fraction of sp³-hybridized carbons (Fsp3) is 0.250. The summed E-state index contributed by atoms with van der Waals surface area (Å²) < 4.78 is 1.68. The second-order valence-electron chi connectivity index (χ2n) is 5.28. The number of hydrogen-bond acceptors (Lipinski definition) is 5. The minimum atomic E-state index is -0.157. The van der Waals surface area contributed by atoms with Crippen molar-refractivity contribution in [2.24, 2.45) is 7.05 Å². The van der Waals surface area contributed by atoms with Crippen molar-refractivity contribution in [3.8, 4) is 0 Å². The summed E-state index contributed by atoms with van der Waals surface area (Å²) in [4.78, 5) is 20.6. The molecule has 3 rings (SSSR count). The van der Waals surface area contributed by atoms with Gasteiger partial charge in [-0.15, -0.1) is 0 Å². The Morgan fingerprint density at radius 3 is 2.96 bits per heavy atom. The number of carbonyl (C=O) groups excluding carboxylic acids is 1. The van der Waals surface area contributed by atoms with Crippen LogP contribution < -0.4 is 5.32 Å². The molecule has 1 amide bonds. The highest BCUT2D eigenvalue weighted by atomic mass is 35.5. The SMILES string of the molecule is CC(NC(=O)CSc1ncnc2c1cnn2C)c1ccccc1Cl. The Balaban J connectivity index is 1.64. The molecule has 0 bridgehead atoms. The molecule has 6 nitrogen and oxygen atoms in total. The van der Waals surface area contributed by atoms with Crippen LogP contribution in [0.5, 0.6) is 0 Å². The van der Waals surface area contributed by atoms with E-state index >= 15 is 0 Å². The Hall–Kier alpha value is -2.12. The summed E-state index contributed by atoms with van der Waals surface area (Å²) in [5.74, 6) is 0.179. The summed E-state index contributed by atoms with van der Waals surface area (Å²) in [6.07, 6.45) is 3.19. The zero-order valence-corrected chi connectivity index (χ0v) is 14.8. The van der Waals surface area contributed by atoms with E-state index in [0.717, 1.165) is 21.6 Å². The Bertz CT molecular complexity index is 882. The molecule has 1 aromatic carbocycles. The van der Waals surface area contributed by atoms with Crippen LogP contribution in [0, 0.1) is 0 Å².